The summed E-state index contributed by atoms with van der Waals surface area (Å²) in [5, 5.41) is 6.94. The van der Waals surface area contributed by atoms with Gasteiger partial charge in [-0.15, -0.1) is 0 Å². The second-order valence-corrected chi connectivity index (χ2v) is 4.42. The predicted octanol–water partition coefficient (Wildman–Crippen LogP) is 3.12. The Morgan fingerprint density at radius 1 is 1.06 bits per heavy atom. The third kappa shape index (κ3) is 4.67. The van der Waals surface area contributed by atoms with E-state index in [1.807, 2.05) is 6.07 Å². The van der Waals surface area contributed by atoms with E-state index in [0.717, 1.165) is 19.0 Å². The van der Waals surface area contributed by atoms with Gasteiger partial charge in [0.2, 0.25) is 0 Å². The lowest BCUT2D eigenvalue weighted by Crippen LogP contribution is -2.35. The van der Waals surface area contributed by atoms with Crippen molar-refractivity contribution in [2.45, 2.75) is 33.2 Å². The van der Waals surface area contributed by atoms with E-state index in [1.165, 1.54) is 12.1 Å². The van der Waals surface area contributed by atoms with Gasteiger partial charge < -0.3 is 10.6 Å². The summed E-state index contributed by atoms with van der Waals surface area (Å²) >= 11 is 0. The van der Waals surface area contributed by atoms with Gasteiger partial charge in [-0.1, -0.05) is 38.5 Å². The van der Waals surface area contributed by atoms with Crippen LogP contribution in [0.25, 0.3) is 0 Å². The molecular formula is C14H24N2. The Morgan fingerprint density at radius 2 is 1.75 bits per heavy atom. The molecule has 0 fully saturated rings. The van der Waals surface area contributed by atoms with Crippen LogP contribution in [-0.4, -0.2) is 19.1 Å². The average molecular weight is 220 g/mol. The van der Waals surface area contributed by atoms with Crippen molar-refractivity contribution in [2.24, 2.45) is 5.92 Å². The van der Waals surface area contributed by atoms with Gasteiger partial charge in [0.05, 0.1) is 0 Å². The average Bonchev–Trinajstić information content (AvgIpc) is 2.34. The summed E-state index contributed by atoms with van der Waals surface area (Å²) in [6.45, 7) is 8.79. The van der Waals surface area contributed by atoms with E-state index in [-0.39, 0.29) is 0 Å². The first-order valence-electron chi connectivity index (χ1n) is 6.26. The van der Waals surface area contributed by atoms with Gasteiger partial charge in [-0.05, 0) is 25.0 Å². The molecule has 0 aliphatic carbocycles. The molecule has 2 N–H and O–H groups in total. The van der Waals surface area contributed by atoms with Crippen LogP contribution in [0.4, 0.5) is 5.69 Å². The molecule has 0 aliphatic rings. The summed E-state index contributed by atoms with van der Waals surface area (Å²) in [6, 6.07) is 10.9. The molecule has 1 aromatic rings. The van der Waals surface area contributed by atoms with Crippen molar-refractivity contribution in [1.82, 2.24) is 5.32 Å². The van der Waals surface area contributed by atoms with Crippen LogP contribution in [0.5, 0.6) is 0 Å². The molecule has 2 nitrogen and oxygen atoms in total. The summed E-state index contributed by atoms with van der Waals surface area (Å²) in [7, 11) is 0. The van der Waals surface area contributed by atoms with Crippen molar-refractivity contribution in [2.75, 3.05) is 18.4 Å². The summed E-state index contributed by atoms with van der Waals surface area (Å²) in [5.41, 5.74) is 1.19. The molecule has 2 atom stereocenters. The van der Waals surface area contributed by atoms with E-state index in [9.17, 15) is 0 Å². The zero-order chi connectivity index (χ0) is 11.8. The van der Waals surface area contributed by atoms with Gasteiger partial charge in [0, 0.05) is 24.8 Å². The minimum absolute atomic E-state index is 0.600. The van der Waals surface area contributed by atoms with Crippen molar-refractivity contribution < 1.29 is 0 Å². The fourth-order valence-electron chi connectivity index (χ4n) is 1.62. The highest BCUT2D eigenvalue weighted by Crippen LogP contribution is 2.06. The predicted molar refractivity (Wildman–Crippen MR) is 71.9 cm³/mol. The van der Waals surface area contributed by atoms with Crippen molar-refractivity contribution in [3.8, 4) is 0 Å². The standard InChI is InChI=1S/C14H24N2/c1-4-12(2)13(3)15-10-11-16-14-8-6-5-7-9-14/h5-9,12-13,15-16H,4,10-11H2,1-3H3. The SMILES string of the molecule is CCC(C)C(C)NCCNc1ccccc1. The lowest BCUT2D eigenvalue weighted by atomic mass is 10.0. The fraction of sp³-hybridized carbons (Fsp3) is 0.571. The van der Waals surface area contributed by atoms with E-state index in [4.69, 9.17) is 0 Å². The summed E-state index contributed by atoms with van der Waals surface area (Å²) in [5.74, 6) is 0.747. The molecule has 0 spiro atoms. The molecule has 0 aromatic heterocycles. The van der Waals surface area contributed by atoms with Crippen LogP contribution in [0.15, 0.2) is 30.3 Å². The molecule has 1 rings (SSSR count). The van der Waals surface area contributed by atoms with Gasteiger partial charge in [-0.3, -0.25) is 0 Å². The molecular weight excluding hydrogens is 196 g/mol. The third-order valence-electron chi connectivity index (χ3n) is 3.19. The Kier molecular flexibility index (Phi) is 5.94. The number of hydrogen-bond donors (Lipinski definition) is 2. The van der Waals surface area contributed by atoms with E-state index in [2.05, 4.69) is 55.7 Å². The van der Waals surface area contributed by atoms with Crippen molar-refractivity contribution >= 4 is 5.69 Å². The monoisotopic (exact) mass is 220 g/mol. The van der Waals surface area contributed by atoms with Gasteiger partial charge in [0.25, 0.3) is 0 Å². The quantitative estimate of drug-likeness (QED) is 0.690. The maximum absolute atomic E-state index is 3.54. The van der Waals surface area contributed by atoms with Crippen LogP contribution < -0.4 is 10.6 Å². The van der Waals surface area contributed by atoms with Gasteiger partial charge in [0.1, 0.15) is 0 Å². The summed E-state index contributed by atoms with van der Waals surface area (Å²) in [4.78, 5) is 0. The summed E-state index contributed by atoms with van der Waals surface area (Å²) < 4.78 is 0. The smallest absolute Gasteiger partial charge is 0.0340 e. The van der Waals surface area contributed by atoms with Crippen LogP contribution in [0.1, 0.15) is 27.2 Å². The van der Waals surface area contributed by atoms with E-state index in [1.54, 1.807) is 0 Å². The minimum atomic E-state index is 0.600. The molecule has 0 bridgehead atoms. The molecule has 0 aliphatic heterocycles. The normalized spacial score (nSPS) is 14.4. The first-order chi connectivity index (χ1) is 7.74. The first kappa shape index (κ1) is 13.0. The lowest BCUT2D eigenvalue weighted by molar-refractivity contribution is 0.396. The minimum Gasteiger partial charge on any atom is -0.384 e. The Morgan fingerprint density at radius 3 is 2.38 bits per heavy atom. The number of hydrogen-bond acceptors (Lipinski definition) is 2. The lowest BCUT2D eigenvalue weighted by Gasteiger charge is -2.20. The second-order valence-electron chi connectivity index (χ2n) is 4.42. The van der Waals surface area contributed by atoms with E-state index < -0.39 is 0 Å². The van der Waals surface area contributed by atoms with Crippen LogP contribution in [0.3, 0.4) is 0 Å². The maximum Gasteiger partial charge on any atom is 0.0340 e. The van der Waals surface area contributed by atoms with Crippen LogP contribution in [0.2, 0.25) is 0 Å². The molecule has 0 radical (unpaired) electrons. The molecule has 90 valence electrons. The van der Waals surface area contributed by atoms with Crippen molar-refractivity contribution in [1.29, 1.82) is 0 Å². The number of rotatable bonds is 7. The first-order valence-corrected chi connectivity index (χ1v) is 6.26. The van der Waals surface area contributed by atoms with Crippen molar-refractivity contribution in [3.05, 3.63) is 30.3 Å². The maximum atomic E-state index is 3.54. The Hall–Kier alpha value is -1.02. The van der Waals surface area contributed by atoms with Crippen molar-refractivity contribution in [3.63, 3.8) is 0 Å². The molecule has 2 unspecified atom stereocenters. The Labute approximate surface area is 99.5 Å². The number of nitrogens with one attached hydrogen (secondary N) is 2. The number of para-hydroxylation sites is 1. The second kappa shape index (κ2) is 7.29. The molecule has 0 saturated heterocycles. The molecule has 16 heavy (non-hydrogen) atoms. The Balaban J connectivity index is 2.13. The highest BCUT2D eigenvalue weighted by atomic mass is 15.0. The molecule has 1 aromatic carbocycles. The van der Waals surface area contributed by atoms with Gasteiger partial charge in [0.15, 0.2) is 0 Å². The molecule has 0 saturated carbocycles. The van der Waals surface area contributed by atoms with Gasteiger partial charge in [-0.2, -0.15) is 0 Å². The fourth-order valence-corrected chi connectivity index (χ4v) is 1.62. The van der Waals surface area contributed by atoms with Gasteiger partial charge in [-0.25, -0.2) is 0 Å². The largest absolute Gasteiger partial charge is 0.384 e. The molecule has 0 amide bonds. The van der Waals surface area contributed by atoms with Crippen LogP contribution >= 0.6 is 0 Å². The highest BCUT2D eigenvalue weighted by molar-refractivity contribution is 5.42. The van der Waals surface area contributed by atoms with Crippen LogP contribution in [-0.2, 0) is 0 Å². The van der Waals surface area contributed by atoms with E-state index in [0.29, 0.717) is 6.04 Å². The number of benzene rings is 1. The topological polar surface area (TPSA) is 24.1 Å². The molecule has 2 heteroatoms. The molecule has 0 heterocycles. The zero-order valence-corrected chi connectivity index (χ0v) is 10.7. The Bertz CT molecular complexity index is 271. The summed E-state index contributed by atoms with van der Waals surface area (Å²) in [6.07, 6.45) is 1.24. The zero-order valence-electron chi connectivity index (χ0n) is 10.7. The van der Waals surface area contributed by atoms with E-state index >= 15 is 0 Å². The van der Waals surface area contributed by atoms with Crippen LogP contribution in [0, 0.1) is 5.92 Å². The third-order valence-corrected chi connectivity index (χ3v) is 3.19. The highest BCUT2D eigenvalue weighted by Gasteiger charge is 2.07. The van der Waals surface area contributed by atoms with Gasteiger partial charge >= 0.3 is 0 Å². The number of anilines is 1.